The van der Waals surface area contributed by atoms with Crippen molar-refractivity contribution < 1.29 is 9.47 Å². The van der Waals surface area contributed by atoms with Crippen LogP contribution in [0.25, 0.3) is 0 Å². The maximum Gasteiger partial charge on any atom is 0.133 e. The van der Waals surface area contributed by atoms with Crippen LogP contribution in [0.1, 0.15) is 28.4 Å². The van der Waals surface area contributed by atoms with Crippen LogP contribution in [0.15, 0.2) is 72.8 Å². The highest BCUT2D eigenvalue weighted by atomic mass is 16.5. The van der Waals surface area contributed by atoms with Gasteiger partial charge in [0.15, 0.2) is 0 Å². The fraction of sp³-hybridized carbons (Fsp3) is 0.280. The molecule has 4 rings (SSSR count). The lowest BCUT2D eigenvalue weighted by molar-refractivity contribution is -0.0329. The van der Waals surface area contributed by atoms with E-state index in [-0.39, 0.29) is 6.10 Å². The minimum absolute atomic E-state index is 0.103. The van der Waals surface area contributed by atoms with Gasteiger partial charge in [-0.25, -0.2) is 0 Å². The molecule has 0 amide bonds. The third-order valence-corrected chi connectivity index (χ3v) is 5.28. The topological polar surface area (TPSA) is 21.7 Å². The van der Waals surface area contributed by atoms with E-state index < -0.39 is 0 Å². The number of aryl methyl sites for hydroxylation is 2. The number of rotatable bonds is 5. The third kappa shape index (κ3) is 4.44. The van der Waals surface area contributed by atoms with E-state index >= 15 is 0 Å². The van der Waals surface area contributed by atoms with Gasteiger partial charge in [-0.1, -0.05) is 60.7 Å². The first-order valence-electron chi connectivity index (χ1n) is 9.91. The second-order valence-electron chi connectivity index (χ2n) is 7.47. The predicted molar refractivity (Wildman–Crippen MR) is 113 cm³/mol. The molecule has 0 radical (unpaired) electrons. The first-order valence-corrected chi connectivity index (χ1v) is 9.91. The van der Waals surface area contributed by atoms with Crippen molar-refractivity contribution in [3.8, 4) is 11.5 Å². The maximum absolute atomic E-state index is 6.13. The number of hydrogen-bond donors (Lipinski definition) is 0. The Morgan fingerprint density at radius 1 is 0.893 bits per heavy atom. The Kier molecular flexibility index (Phi) is 5.75. The zero-order valence-electron chi connectivity index (χ0n) is 16.6. The van der Waals surface area contributed by atoms with Crippen LogP contribution in [0, 0.1) is 13.8 Å². The molecule has 0 N–H and O–H groups in total. The van der Waals surface area contributed by atoms with Crippen LogP contribution < -0.4 is 4.74 Å². The Hall–Kier alpha value is -2.62. The largest absolute Gasteiger partial charge is 0.457 e. The molecule has 144 valence electrons. The van der Waals surface area contributed by atoms with E-state index in [2.05, 4.69) is 79.4 Å². The average Bonchev–Trinajstić information content (AvgIpc) is 2.72. The molecule has 0 saturated carbocycles. The van der Waals surface area contributed by atoms with Crippen LogP contribution >= 0.6 is 0 Å². The second kappa shape index (κ2) is 8.59. The fourth-order valence-corrected chi connectivity index (χ4v) is 3.72. The second-order valence-corrected chi connectivity index (χ2v) is 7.47. The Morgan fingerprint density at radius 2 is 1.61 bits per heavy atom. The molecule has 1 aliphatic rings. The molecule has 1 unspecified atom stereocenters. The van der Waals surface area contributed by atoms with Gasteiger partial charge >= 0.3 is 0 Å². The van der Waals surface area contributed by atoms with E-state index in [0.717, 1.165) is 48.9 Å². The lowest BCUT2D eigenvalue weighted by Gasteiger charge is -2.33. The van der Waals surface area contributed by atoms with Gasteiger partial charge in [0.1, 0.15) is 11.5 Å². The first-order chi connectivity index (χ1) is 13.7. The molecule has 0 aliphatic carbocycles. The molecule has 3 nitrogen and oxygen atoms in total. The van der Waals surface area contributed by atoms with Gasteiger partial charge in [0.05, 0.1) is 12.7 Å². The predicted octanol–water partition coefficient (Wildman–Crippen LogP) is 5.67. The smallest absolute Gasteiger partial charge is 0.133 e. The standard InChI is InChI=1S/C25H27NO2/c1-19-7-6-8-20(2)25(19)28-23-13-11-22(12-14-23)24-18-26(15-16-27-24)17-21-9-4-3-5-10-21/h3-14,24H,15-18H2,1-2H3. The van der Waals surface area contributed by atoms with Crippen molar-refractivity contribution in [2.75, 3.05) is 19.7 Å². The molecule has 0 spiro atoms. The molecular weight excluding hydrogens is 346 g/mol. The van der Waals surface area contributed by atoms with E-state index in [1.807, 2.05) is 12.1 Å². The minimum Gasteiger partial charge on any atom is -0.457 e. The van der Waals surface area contributed by atoms with E-state index in [1.165, 1.54) is 11.1 Å². The van der Waals surface area contributed by atoms with Gasteiger partial charge < -0.3 is 9.47 Å². The number of hydrogen-bond acceptors (Lipinski definition) is 3. The third-order valence-electron chi connectivity index (χ3n) is 5.28. The molecule has 3 heteroatoms. The van der Waals surface area contributed by atoms with Gasteiger partial charge in [0.25, 0.3) is 0 Å². The zero-order chi connectivity index (χ0) is 19.3. The van der Waals surface area contributed by atoms with Crippen LogP contribution in [0.3, 0.4) is 0 Å². The van der Waals surface area contributed by atoms with Gasteiger partial charge in [-0.15, -0.1) is 0 Å². The summed E-state index contributed by atoms with van der Waals surface area (Å²) in [6, 6.07) is 25.2. The molecule has 1 fully saturated rings. The normalized spacial score (nSPS) is 17.4. The molecule has 1 atom stereocenters. The summed E-state index contributed by atoms with van der Waals surface area (Å²) in [6.07, 6.45) is 0.103. The highest BCUT2D eigenvalue weighted by Gasteiger charge is 2.22. The molecular formula is C25H27NO2. The molecule has 3 aromatic rings. The summed E-state index contributed by atoms with van der Waals surface area (Å²) >= 11 is 0. The van der Waals surface area contributed by atoms with Crippen LogP contribution in [0.4, 0.5) is 0 Å². The van der Waals surface area contributed by atoms with Crippen molar-refractivity contribution in [3.05, 3.63) is 95.1 Å². The number of para-hydroxylation sites is 1. The molecule has 1 aliphatic heterocycles. The van der Waals surface area contributed by atoms with E-state index in [1.54, 1.807) is 0 Å². The van der Waals surface area contributed by atoms with Crippen molar-refractivity contribution in [1.29, 1.82) is 0 Å². The molecule has 3 aromatic carbocycles. The van der Waals surface area contributed by atoms with Gasteiger partial charge in [-0.3, -0.25) is 4.90 Å². The number of ether oxygens (including phenoxy) is 2. The number of nitrogens with zero attached hydrogens (tertiary/aromatic N) is 1. The van der Waals surface area contributed by atoms with Gasteiger partial charge in [-0.2, -0.15) is 0 Å². The van der Waals surface area contributed by atoms with Crippen molar-refractivity contribution in [2.24, 2.45) is 0 Å². The summed E-state index contributed by atoms with van der Waals surface area (Å²) in [4.78, 5) is 2.46. The molecule has 1 saturated heterocycles. The minimum atomic E-state index is 0.103. The Labute approximate surface area is 167 Å². The van der Waals surface area contributed by atoms with Crippen molar-refractivity contribution in [2.45, 2.75) is 26.5 Å². The van der Waals surface area contributed by atoms with Crippen LogP contribution in [0.2, 0.25) is 0 Å². The summed E-state index contributed by atoms with van der Waals surface area (Å²) in [5, 5.41) is 0. The highest BCUT2D eigenvalue weighted by Crippen LogP contribution is 2.30. The number of morpholine rings is 1. The van der Waals surface area contributed by atoms with E-state index in [0.29, 0.717) is 0 Å². The quantitative estimate of drug-likeness (QED) is 0.575. The summed E-state index contributed by atoms with van der Waals surface area (Å²) < 4.78 is 12.2. The van der Waals surface area contributed by atoms with Crippen LogP contribution in [-0.4, -0.2) is 24.6 Å². The van der Waals surface area contributed by atoms with Crippen LogP contribution in [0.5, 0.6) is 11.5 Å². The average molecular weight is 373 g/mol. The highest BCUT2D eigenvalue weighted by molar-refractivity contribution is 5.43. The van der Waals surface area contributed by atoms with E-state index in [4.69, 9.17) is 9.47 Å². The molecule has 0 aromatic heterocycles. The van der Waals surface area contributed by atoms with Crippen molar-refractivity contribution in [1.82, 2.24) is 4.90 Å². The first kappa shape index (κ1) is 18.7. The summed E-state index contributed by atoms with van der Waals surface area (Å²) in [6.45, 7) is 7.76. The Morgan fingerprint density at radius 3 is 2.32 bits per heavy atom. The molecule has 0 bridgehead atoms. The fourth-order valence-electron chi connectivity index (χ4n) is 3.72. The lowest BCUT2D eigenvalue weighted by Crippen LogP contribution is -2.37. The molecule has 1 heterocycles. The van der Waals surface area contributed by atoms with E-state index in [9.17, 15) is 0 Å². The SMILES string of the molecule is Cc1cccc(C)c1Oc1ccc(C2CN(Cc3ccccc3)CCO2)cc1. The molecule has 28 heavy (non-hydrogen) atoms. The Balaban J connectivity index is 1.42. The van der Waals surface area contributed by atoms with Gasteiger partial charge in [-0.05, 0) is 48.2 Å². The van der Waals surface area contributed by atoms with Gasteiger partial charge in [0, 0.05) is 19.6 Å². The van der Waals surface area contributed by atoms with Gasteiger partial charge in [0.2, 0.25) is 0 Å². The lowest BCUT2D eigenvalue weighted by atomic mass is 10.1. The van der Waals surface area contributed by atoms with Crippen molar-refractivity contribution >= 4 is 0 Å². The zero-order valence-corrected chi connectivity index (χ0v) is 16.6. The van der Waals surface area contributed by atoms with Crippen LogP contribution in [-0.2, 0) is 11.3 Å². The maximum atomic E-state index is 6.13. The Bertz CT molecular complexity index is 885. The van der Waals surface area contributed by atoms with Crippen molar-refractivity contribution in [3.63, 3.8) is 0 Å². The monoisotopic (exact) mass is 373 g/mol. The summed E-state index contributed by atoms with van der Waals surface area (Å²) in [5.41, 5.74) is 4.85. The summed E-state index contributed by atoms with van der Waals surface area (Å²) in [7, 11) is 0. The number of benzene rings is 3. The summed E-state index contributed by atoms with van der Waals surface area (Å²) in [5.74, 6) is 1.80.